The molecule has 4 rings (SSSR count). The van der Waals surface area contributed by atoms with E-state index in [-0.39, 0.29) is 4.90 Å². The largest absolute Gasteiger partial charge is 0.497 e. The fourth-order valence-electron chi connectivity index (χ4n) is 3.84. The summed E-state index contributed by atoms with van der Waals surface area (Å²) < 4.78 is 39.5. The highest BCUT2D eigenvalue weighted by Gasteiger charge is 2.23. The summed E-state index contributed by atoms with van der Waals surface area (Å²) in [7, 11) is -0.506. The first-order valence-electron chi connectivity index (χ1n) is 10.9. The van der Waals surface area contributed by atoms with Crippen LogP contribution in [0.15, 0.2) is 77.1 Å². The lowest BCUT2D eigenvalue weighted by Gasteiger charge is -2.25. The molecule has 8 heteroatoms. The van der Waals surface area contributed by atoms with E-state index in [0.717, 1.165) is 21.7 Å². The number of benzene rings is 2. The Kier molecular flexibility index (Phi) is 7.00. The minimum absolute atomic E-state index is 0.266. The fourth-order valence-corrected chi connectivity index (χ4v) is 6.03. The average Bonchev–Trinajstić information content (AvgIpc) is 3.53. The maximum Gasteiger partial charge on any atom is 0.268 e. The third kappa shape index (κ3) is 4.69. The van der Waals surface area contributed by atoms with E-state index in [1.54, 1.807) is 32.5 Å². The van der Waals surface area contributed by atoms with E-state index >= 15 is 0 Å². The lowest BCUT2D eigenvalue weighted by molar-refractivity contribution is 0.394. The Hall–Kier alpha value is -3.23. The van der Waals surface area contributed by atoms with Crippen LogP contribution in [0.4, 0.5) is 5.69 Å². The third-order valence-electron chi connectivity index (χ3n) is 5.68. The van der Waals surface area contributed by atoms with Crippen LogP contribution in [0, 0.1) is 6.92 Å². The molecule has 0 radical (unpaired) electrons. The summed E-state index contributed by atoms with van der Waals surface area (Å²) in [5, 5.41) is 1.95. The van der Waals surface area contributed by atoms with Gasteiger partial charge in [0.05, 0.1) is 35.4 Å². The first-order chi connectivity index (χ1) is 16.4. The van der Waals surface area contributed by atoms with Crippen LogP contribution in [0.2, 0.25) is 0 Å². The number of hydrogen-bond donors (Lipinski definition) is 0. The second-order valence-electron chi connectivity index (χ2n) is 7.88. The number of hydrogen-bond acceptors (Lipinski definition) is 6. The van der Waals surface area contributed by atoms with Gasteiger partial charge in [-0.15, -0.1) is 11.3 Å². The van der Waals surface area contributed by atoms with Gasteiger partial charge in [-0.3, -0.25) is 0 Å². The van der Waals surface area contributed by atoms with Crippen molar-refractivity contribution in [2.75, 3.05) is 25.7 Å². The number of anilines is 1. The summed E-state index contributed by atoms with van der Waals surface area (Å²) >= 11 is 1.52. The molecular formula is C26H28N2O4S2. The monoisotopic (exact) mass is 496 g/mol. The minimum atomic E-state index is -3.76. The second-order valence-corrected chi connectivity index (χ2v) is 10.6. The van der Waals surface area contributed by atoms with E-state index in [4.69, 9.17) is 9.47 Å². The second kappa shape index (κ2) is 9.95. The summed E-state index contributed by atoms with van der Waals surface area (Å²) in [5.41, 5.74) is 3.47. The van der Waals surface area contributed by atoms with Gasteiger partial charge in [-0.2, -0.15) is 0 Å². The molecule has 0 saturated heterocycles. The molecule has 0 N–H and O–H groups in total. The Labute approximate surface area is 205 Å². The zero-order valence-electron chi connectivity index (χ0n) is 19.7. The molecule has 2 aromatic carbocycles. The zero-order valence-corrected chi connectivity index (χ0v) is 21.3. The molecule has 0 saturated carbocycles. The summed E-state index contributed by atoms with van der Waals surface area (Å²) in [6, 6.07) is 18.5. The highest BCUT2D eigenvalue weighted by molar-refractivity contribution is 7.90. The summed E-state index contributed by atoms with van der Waals surface area (Å²) in [6.45, 7) is 5.23. The number of aryl methyl sites for hydroxylation is 1. The van der Waals surface area contributed by atoms with E-state index in [1.165, 1.54) is 15.3 Å². The van der Waals surface area contributed by atoms with Crippen molar-refractivity contribution in [3.05, 3.63) is 83.4 Å². The van der Waals surface area contributed by atoms with E-state index < -0.39 is 10.0 Å². The Morgan fingerprint density at radius 2 is 1.76 bits per heavy atom. The van der Waals surface area contributed by atoms with Gasteiger partial charge in [0, 0.05) is 25.4 Å². The molecule has 0 atom stereocenters. The Morgan fingerprint density at radius 1 is 1.00 bits per heavy atom. The standard InChI is InChI=1S/C26H28N2O4S2/c1-5-27(23-13-10-21(31-3)16-25(23)32-4)17-20-15-24(26-7-6-14-33-26)28(18-20)34(29,30)22-11-8-19(2)9-12-22/h6-16,18H,5,17H2,1-4H3. The predicted octanol–water partition coefficient (Wildman–Crippen LogP) is 5.81. The molecule has 6 nitrogen and oxygen atoms in total. The van der Waals surface area contributed by atoms with Gasteiger partial charge >= 0.3 is 0 Å². The van der Waals surface area contributed by atoms with Gasteiger partial charge < -0.3 is 14.4 Å². The number of ether oxygens (including phenoxy) is 2. The van der Waals surface area contributed by atoms with Gasteiger partial charge in [0.1, 0.15) is 11.5 Å². The van der Waals surface area contributed by atoms with Crippen molar-refractivity contribution in [3.8, 4) is 22.1 Å². The molecule has 2 aromatic heterocycles. The van der Waals surface area contributed by atoms with Gasteiger partial charge in [0.25, 0.3) is 10.0 Å². The molecule has 178 valence electrons. The molecular weight excluding hydrogens is 468 g/mol. The number of rotatable bonds is 9. The highest BCUT2D eigenvalue weighted by atomic mass is 32.2. The third-order valence-corrected chi connectivity index (χ3v) is 8.26. The molecule has 4 aromatic rings. The van der Waals surface area contributed by atoms with Crippen molar-refractivity contribution >= 4 is 27.0 Å². The van der Waals surface area contributed by atoms with Crippen LogP contribution in [0.3, 0.4) is 0 Å². The molecule has 0 aliphatic heterocycles. The van der Waals surface area contributed by atoms with Crippen LogP contribution in [-0.2, 0) is 16.6 Å². The maximum atomic E-state index is 13.6. The molecule has 0 unspecified atom stereocenters. The molecule has 2 heterocycles. The molecule has 0 amide bonds. The summed E-state index contributed by atoms with van der Waals surface area (Å²) in [5.74, 6) is 1.42. The van der Waals surface area contributed by atoms with Crippen LogP contribution < -0.4 is 14.4 Å². The molecule has 0 fully saturated rings. The zero-order chi connectivity index (χ0) is 24.3. The van der Waals surface area contributed by atoms with Gasteiger partial charge in [0.2, 0.25) is 0 Å². The van der Waals surface area contributed by atoms with E-state index in [2.05, 4.69) is 11.8 Å². The van der Waals surface area contributed by atoms with Crippen molar-refractivity contribution in [2.24, 2.45) is 0 Å². The normalized spacial score (nSPS) is 11.4. The van der Waals surface area contributed by atoms with Gasteiger partial charge in [-0.25, -0.2) is 12.4 Å². The summed E-state index contributed by atoms with van der Waals surface area (Å²) in [6.07, 6.45) is 1.73. The Balaban J connectivity index is 1.76. The SMILES string of the molecule is CCN(Cc1cc(-c2cccs2)n(S(=O)(=O)c2ccc(C)cc2)c1)c1ccc(OC)cc1OC. The van der Waals surface area contributed by atoms with Crippen molar-refractivity contribution in [2.45, 2.75) is 25.3 Å². The van der Waals surface area contributed by atoms with E-state index in [9.17, 15) is 8.42 Å². The first kappa shape index (κ1) is 23.9. The smallest absolute Gasteiger partial charge is 0.268 e. The number of methoxy groups -OCH3 is 2. The Morgan fingerprint density at radius 3 is 2.38 bits per heavy atom. The van der Waals surface area contributed by atoms with Crippen molar-refractivity contribution < 1.29 is 17.9 Å². The topological polar surface area (TPSA) is 60.8 Å². The highest BCUT2D eigenvalue weighted by Crippen LogP contribution is 2.35. The van der Waals surface area contributed by atoms with Crippen molar-refractivity contribution in [3.63, 3.8) is 0 Å². The van der Waals surface area contributed by atoms with Crippen LogP contribution in [-0.4, -0.2) is 33.2 Å². The van der Waals surface area contributed by atoms with Gasteiger partial charge in [-0.05, 0) is 61.2 Å². The molecule has 0 aliphatic rings. The van der Waals surface area contributed by atoms with Gasteiger partial charge in [-0.1, -0.05) is 23.8 Å². The molecule has 0 bridgehead atoms. The van der Waals surface area contributed by atoms with Gasteiger partial charge in [0.15, 0.2) is 0 Å². The lowest BCUT2D eigenvalue weighted by atomic mass is 10.2. The fraction of sp³-hybridized carbons (Fsp3) is 0.231. The lowest BCUT2D eigenvalue weighted by Crippen LogP contribution is -2.22. The van der Waals surface area contributed by atoms with Crippen LogP contribution >= 0.6 is 11.3 Å². The van der Waals surface area contributed by atoms with Crippen molar-refractivity contribution in [1.82, 2.24) is 3.97 Å². The van der Waals surface area contributed by atoms with Crippen molar-refractivity contribution in [1.29, 1.82) is 0 Å². The molecule has 0 spiro atoms. The maximum absolute atomic E-state index is 13.6. The predicted molar refractivity (Wildman–Crippen MR) is 138 cm³/mol. The van der Waals surface area contributed by atoms with E-state index in [0.29, 0.717) is 30.3 Å². The molecule has 34 heavy (non-hydrogen) atoms. The first-order valence-corrected chi connectivity index (χ1v) is 13.2. The van der Waals surface area contributed by atoms with Crippen LogP contribution in [0.5, 0.6) is 11.5 Å². The summed E-state index contributed by atoms with van der Waals surface area (Å²) in [4.78, 5) is 3.31. The average molecular weight is 497 g/mol. The Bertz CT molecular complexity index is 1360. The van der Waals surface area contributed by atoms with E-state index in [1.807, 2.05) is 60.8 Å². The number of thiophene rings is 1. The number of nitrogens with zero attached hydrogens (tertiary/aromatic N) is 2. The number of aromatic nitrogens is 1. The van der Waals surface area contributed by atoms with Crippen LogP contribution in [0.25, 0.3) is 10.6 Å². The minimum Gasteiger partial charge on any atom is -0.497 e. The quantitative estimate of drug-likeness (QED) is 0.293. The van der Waals surface area contributed by atoms with Crippen LogP contribution in [0.1, 0.15) is 18.1 Å². The molecule has 0 aliphatic carbocycles.